The number of nitrogens with two attached hydrogens (primary N) is 3. The lowest BCUT2D eigenvalue weighted by Crippen LogP contribution is -2.51. The Morgan fingerprint density at radius 2 is 1.77 bits per heavy atom. The van der Waals surface area contributed by atoms with Crippen molar-refractivity contribution in [1.29, 1.82) is 0 Å². The summed E-state index contributed by atoms with van der Waals surface area (Å²) in [5, 5.41) is 16.3. The molecule has 1 atom stereocenters. The van der Waals surface area contributed by atoms with Gasteiger partial charge in [0.1, 0.15) is 6.04 Å². The molecular formula is C12H21N3O6S. The van der Waals surface area contributed by atoms with Crippen molar-refractivity contribution in [3.8, 4) is 11.5 Å². The average Bonchev–Trinajstić information content (AvgIpc) is 2.34. The lowest BCUT2D eigenvalue weighted by Gasteiger charge is -2.28. The van der Waals surface area contributed by atoms with Crippen molar-refractivity contribution in [3.63, 3.8) is 0 Å². The maximum atomic E-state index is 11.4. The zero-order chi connectivity index (χ0) is 17.3. The van der Waals surface area contributed by atoms with Crippen molar-refractivity contribution in [2.45, 2.75) is 23.9 Å². The van der Waals surface area contributed by atoms with Crippen LogP contribution in [0.25, 0.3) is 0 Å². The molecule has 0 aliphatic carbocycles. The summed E-state index contributed by atoms with van der Waals surface area (Å²) in [4.78, 5) is 0. The summed E-state index contributed by atoms with van der Waals surface area (Å²) >= 11 is 0. The Bertz CT molecular complexity index is 639. The molecule has 0 aliphatic heterocycles. The molecule has 0 fully saturated rings. The third-order valence-corrected chi connectivity index (χ3v) is 4.17. The van der Waals surface area contributed by atoms with Crippen molar-refractivity contribution in [1.82, 2.24) is 0 Å². The molecule has 10 heteroatoms. The summed E-state index contributed by atoms with van der Waals surface area (Å²) in [6, 6.07) is 2.41. The Kier molecular flexibility index (Phi) is 5.07. The van der Waals surface area contributed by atoms with E-state index >= 15 is 0 Å². The van der Waals surface area contributed by atoms with Crippen LogP contribution < -0.4 is 26.7 Å². The first-order valence-corrected chi connectivity index (χ1v) is 8.03. The molecule has 0 radical (unpaired) electrons. The first-order valence-electron chi connectivity index (χ1n) is 6.14. The van der Waals surface area contributed by atoms with E-state index in [1.54, 1.807) is 0 Å². The summed E-state index contributed by atoms with van der Waals surface area (Å²) in [5.41, 5.74) is 16.8. The van der Waals surface area contributed by atoms with Gasteiger partial charge >= 0.3 is 0 Å². The Labute approximate surface area is 128 Å². The summed E-state index contributed by atoms with van der Waals surface area (Å²) in [6.45, 7) is 1.39. The molecule has 22 heavy (non-hydrogen) atoms. The lowest BCUT2D eigenvalue weighted by atomic mass is 10.1. The van der Waals surface area contributed by atoms with Crippen LogP contribution in [0.1, 0.15) is 18.5 Å². The van der Waals surface area contributed by atoms with E-state index in [0.29, 0.717) is 6.26 Å². The largest absolute Gasteiger partial charge is 0.493 e. The number of rotatable bonds is 6. The van der Waals surface area contributed by atoms with E-state index in [4.69, 9.17) is 26.7 Å². The number of methoxy groups -OCH3 is 1. The number of sulfone groups is 1. The molecular weight excluding hydrogens is 314 g/mol. The molecule has 0 aromatic heterocycles. The van der Waals surface area contributed by atoms with Crippen molar-refractivity contribution >= 4 is 9.84 Å². The number of aliphatic hydroxyl groups is 2. The van der Waals surface area contributed by atoms with Gasteiger partial charge in [0.25, 0.3) is 5.12 Å². The van der Waals surface area contributed by atoms with Crippen LogP contribution in [0.2, 0.25) is 0 Å². The highest BCUT2D eigenvalue weighted by Gasteiger charge is 2.43. The summed E-state index contributed by atoms with van der Waals surface area (Å²) in [7, 11) is -2.87. The van der Waals surface area contributed by atoms with Gasteiger partial charge in [0.05, 0.1) is 7.11 Å². The second kappa shape index (κ2) is 5.99. The molecule has 1 rings (SSSR count). The third-order valence-electron chi connectivity index (χ3n) is 2.83. The van der Waals surface area contributed by atoms with Gasteiger partial charge < -0.3 is 25.4 Å². The maximum absolute atomic E-state index is 11.4. The highest BCUT2D eigenvalue weighted by atomic mass is 32.2. The quantitative estimate of drug-likeness (QED) is 0.382. The van der Waals surface area contributed by atoms with E-state index in [1.807, 2.05) is 0 Å². The predicted molar refractivity (Wildman–Crippen MR) is 79.3 cm³/mol. The second-order valence-electron chi connectivity index (χ2n) is 5.10. The Morgan fingerprint density at radius 1 is 1.23 bits per heavy atom. The zero-order valence-electron chi connectivity index (χ0n) is 12.5. The fraction of sp³-hybridized carbons (Fsp3) is 0.500. The molecule has 9 nitrogen and oxygen atoms in total. The molecule has 0 bridgehead atoms. The van der Waals surface area contributed by atoms with Crippen LogP contribution >= 0.6 is 0 Å². The van der Waals surface area contributed by atoms with Crippen LogP contribution in [0, 0.1) is 0 Å². The van der Waals surface area contributed by atoms with Gasteiger partial charge in [0, 0.05) is 13.2 Å². The minimum absolute atomic E-state index is 0.0762. The molecule has 1 aromatic rings. The molecule has 0 aliphatic rings. The molecule has 0 heterocycles. The molecule has 126 valence electrons. The number of hydrogen-bond donors (Lipinski definition) is 5. The number of benzene rings is 1. The van der Waals surface area contributed by atoms with Crippen LogP contribution in [0.5, 0.6) is 11.5 Å². The minimum atomic E-state index is -4.25. The van der Waals surface area contributed by atoms with Crippen LogP contribution in [0.15, 0.2) is 18.2 Å². The summed E-state index contributed by atoms with van der Waals surface area (Å²) < 4.78 is 33.2. The topological polar surface area (TPSA) is 171 Å². The summed E-state index contributed by atoms with van der Waals surface area (Å²) in [6.07, 6.45) is 0.657. The highest BCUT2D eigenvalue weighted by Crippen LogP contribution is 2.34. The van der Waals surface area contributed by atoms with Gasteiger partial charge in [-0.25, -0.2) is 8.42 Å². The van der Waals surface area contributed by atoms with E-state index in [9.17, 15) is 18.6 Å². The maximum Gasteiger partial charge on any atom is 0.288 e. The average molecular weight is 335 g/mol. The number of ether oxygens (including phenoxy) is 2. The zero-order valence-corrected chi connectivity index (χ0v) is 13.3. The van der Waals surface area contributed by atoms with E-state index in [1.165, 1.54) is 32.2 Å². The Morgan fingerprint density at radius 3 is 2.18 bits per heavy atom. The smallest absolute Gasteiger partial charge is 0.288 e. The van der Waals surface area contributed by atoms with Crippen molar-refractivity contribution in [3.05, 3.63) is 23.8 Å². The lowest BCUT2D eigenvalue weighted by molar-refractivity contribution is -0.103. The number of hydrogen-bond acceptors (Lipinski definition) is 9. The van der Waals surface area contributed by atoms with Crippen molar-refractivity contribution in [2.24, 2.45) is 17.2 Å². The third kappa shape index (κ3) is 4.06. The first-order chi connectivity index (χ1) is 9.79. The molecule has 0 saturated carbocycles. The molecule has 0 saturated heterocycles. The first kappa shape index (κ1) is 18.6. The SMILES string of the molecule is COc1ccc(C(N)C(O)(O)S(C)(=O)=O)cc1OC(C)(N)N. The second-order valence-corrected chi connectivity index (χ2v) is 7.25. The van der Waals surface area contributed by atoms with E-state index in [2.05, 4.69) is 0 Å². The van der Waals surface area contributed by atoms with Crippen molar-refractivity contribution in [2.75, 3.05) is 13.4 Å². The fourth-order valence-corrected chi connectivity index (χ4v) is 2.25. The van der Waals surface area contributed by atoms with E-state index in [0.717, 1.165) is 0 Å². The highest BCUT2D eigenvalue weighted by molar-refractivity contribution is 7.91. The van der Waals surface area contributed by atoms with Gasteiger partial charge in [0.2, 0.25) is 15.7 Å². The van der Waals surface area contributed by atoms with Gasteiger partial charge in [-0.3, -0.25) is 11.5 Å². The fourth-order valence-electron chi connectivity index (χ4n) is 1.65. The summed E-state index contributed by atoms with van der Waals surface area (Å²) in [5.74, 6) is -1.19. The van der Waals surface area contributed by atoms with Gasteiger partial charge in [-0.05, 0) is 17.7 Å². The van der Waals surface area contributed by atoms with E-state index in [-0.39, 0.29) is 17.1 Å². The van der Waals surface area contributed by atoms with Gasteiger partial charge in [-0.1, -0.05) is 6.07 Å². The standard InChI is InChI=1S/C12H21N3O6S/c1-11(14,15)21-9-6-7(4-5-8(9)20-2)10(13)12(16,17)22(3,18)19/h4-6,10,16-17H,13-15H2,1-3H3. The molecule has 0 amide bonds. The van der Waals surface area contributed by atoms with Gasteiger partial charge in [-0.2, -0.15) is 0 Å². The van der Waals surface area contributed by atoms with Gasteiger partial charge in [0.15, 0.2) is 11.5 Å². The van der Waals surface area contributed by atoms with Crippen molar-refractivity contribution < 1.29 is 28.1 Å². The van der Waals surface area contributed by atoms with Crippen LogP contribution in [0.3, 0.4) is 0 Å². The predicted octanol–water partition coefficient (Wildman–Crippen LogP) is -1.65. The molecule has 8 N–H and O–H groups in total. The van der Waals surface area contributed by atoms with E-state index < -0.39 is 26.8 Å². The van der Waals surface area contributed by atoms with Crippen LogP contribution in [0.4, 0.5) is 0 Å². The van der Waals surface area contributed by atoms with Gasteiger partial charge in [-0.15, -0.1) is 0 Å². The monoisotopic (exact) mass is 335 g/mol. The Balaban J connectivity index is 3.30. The normalized spacial score (nSPS) is 14.5. The minimum Gasteiger partial charge on any atom is -0.493 e. The van der Waals surface area contributed by atoms with Crippen LogP contribution in [-0.4, -0.2) is 43.0 Å². The molecule has 1 aromatic carbocycles. The van der Waals surface area contributed by atoms with Crippen LogP contribution in [-0.2, 0) is 9.84 Å². The molecule has 1 unspecified atom stereocenters. The molecule has 0 spiro atoms. The Hall–Kier alpha value is -1.43.